The number of nitrogens with one attached hydrogen (secondary N) is 1. The first-order chi connectivity index (χ1) is 8.34. The number of fused-ring (bicyclic) bond motifs is 1. The Hall–Kier alpha value is -1.88. The van der Waals surface area contributed by atoms with Crippen LogP contribution in [-0.4, -0.2) is 9.97 Å². The van der Waals surface area contributed by atoms with Gasteiger partial charge in [-0.2, -0.15) is 0 Å². The summed E-state index contributed by atoms with van der Waals surface area (Å²) in [5, 5.41) is 5.35. The monoisotopic (exact) mass is 245 g/mol. The summed E-state index contributed by atoms with van der Waals surface area (Å²) in [6.45, 7) is 2.04. The lowest BCUT2D eigenvalue weighted by atomic mass is 10.2. The molecule has 0 radical (unpaired) electrons. The van der Waals surface area contributed by atoms with Gasteiger partial charge in [-0.1, -0.05) is 0 Å². The Morgan fingerprint density at radius 1 is 1.35 bits per heavy atom. The SMILES string of the molecule is CC(Nc1ncnc2ccsc12)c1ccco1. The van der Waals surface area contributed by atoms with Crippen LogP contribution in [0.5, 0.6) is 0 Å². The third-order valence-corrected chi connectivity index (χ3v) is 3.48. The number of furan rings is 1. The summed E-state index contributed by atoms with van der Waals surface area (Å²) in [5.74, 6) is 1.75. The molecule has 0 aromatic carbocycles. The first-order valence-electron chi connectivity index (χ1n) is 5.33. The van der Waals surface area contributed by atoms with Crippen LogP contribution in [0.15, 0.2) is 40.6 Å². The number of hydrogen-bond donors (Lipinski definition) is 1. The van der Waals surface area contributed by atoms with Crippen LogP contribution in [0.3, 0.4) is 0 Å². The number of anilines is 1. The van der Waals surface area contributed by atoms with Gasteiger partial charge in [0.1, 0.15) is 17.9 Å². The fourth-order valence-electron chi connectivity index (χ4n) is 1.71. The van der Waals surface area contributed by atoms with Crippen LogP contribution >= 0.6 is 11.3 Å². The minimum absolute atomic E-state index is 0.0881. The van der Waals surface area contributed by atoms with Gasteiger partial charge >= 0.3 is 0 Å². The molecule has 0 aliphatic carbocycles. The summed E-state index contributed by atoms with van der Waals surface area (Å²) in [6.07, 6.45) is 3.25. The highest BCUT2D eigenvalue weighted by Gasteiger charge is 2.11. The van der Waals surface area contributed by atoms with E-state index in [1.165, 1.54) is 0 Å². The average molecular weight is 245 g/mol. The van der Waals surface area contributed by atoms with E-state index in [2.05, 4.69) is 15.3 Å². The molecule has 4 nitrogen and oxygen atoms in total. The zero-order valence-corrected chi connectivity index (χ0v) is 10.1. The Bertz CT molecular complexity index is 618. The number of hydrogen-bond acceptors (Lipinski definition) is 5. The molecule has 17 heavy (non-hydrogen) atoms. The highest BCUT2D eigenvalue weighted by atomic mass is 32.1. The van der Waals surface area contributed by atoms with Gasteiger partial charge in [0.15, 0.2) is 0 Å². The van der Waals surface area contributed by atoms with E-state index in [9.17, 15) is 0 Å². The fraction of sp³-hybridized carbons (Fsp3) is 0.167. The molecule has 0 spiro atoms. The van der Waals surface area contributed by atoms with Crippen molar-refractivity contribution >= 4 is 27.4 Å². The van der Waals surface area contributed by atoms with Gasteiger partial charge < -0.3 is 9.73 Å². The van der Waals surface area contributed by atoms with E-state index >= 15 is 0 Å². The standard InChI is InChI=1S/C12H11N3OS/c1-8(10-3-2-5-16-10)15-12-11-9(4-6-17-11)13-7-14-12/h2-8H,1H3,(H,13,14,15). The van der Waals surface area contributed by atoms with Gasteiger partial charge in [-0.05, 0) is 30.5 Å². The van der Waals surface area contributed by atoms with Crippen LogP contribution < -0.4 is 5.32 Å². The van der Waals surface area contributed by atoms with E-state index in [4.69, 9.17) is 4.42 Å². The third kappa shape index (κ3) is 1.89. The lowest BCUT2D eigenvalue weighted by Crippen LogP contribution is -2.07. The predicted octanol–water partition coefficient (Wildman–Crippen LogP) is 3.46. The maximum Gasteiger partial charge on any atom is 0.148 e. The van der Waals surface area contributed by atoms with Gasteiger partial charge in [0.25, 0.3) is 0 Å². The number of rotatable bonds is 3. The van der Waals surface area contributed by atoms with Crippen LogP contribution in [0.2, 0.25) is 0 Å². The Morgan fingerprint density at radius 2 is 2.29 bits per heavy atom. The van der Waals surface area contributed by atoms with E-state index < -0.39 is 0 Å². The summed E-state index contributed by atoms with van der Waals surface area (Å²) < 4.78 is 6.43. The topological polar surface area (TPSA) is 51.0 Å². The molecule has 0 fully saturated rings. The van der Waals surface area contributed by atoms with Gasteiger partial charge in [-0.3, -0.25) is 0 Å². The Labute approximate surface area is 102 Å². The van der Waals surface area contributed by atoms with Crippen molar-refractivity contribution in [2.24, 2.45) is 0 Å². The quantitative estimate of drug-likeness (QED) is 0.767. The summed E-state index contributed by atoms with van der Waals surface area (Å²) in [7, 11) is 0. The zero-order valence-electron chi connectivity index (χ0n) is 9.25. The van der Waals surface area contributed by atoms with Crippen molar-refractivity contribution in [2.75, 3.05) is 5.32 Å². The second kappa shape index (κ2) is 4.18. The molecule has 3 aromatic heterocycles. The smallest absolute Gasteiger partial charge is 0.148 e. The van der Waals surface area contributed by atoms with Crippen LogP contribution in [0.25, 0.3) is 10.2 Å². The van der Waals surface area contributed by atoms with E-state index in [0.717, 1.165) is 21.8 Å². The Balaban J connectivity index is 1.92. The third-order valence-electron chi connectivity index (χ3n) is 2.57. The lowest BCUT2D eigenvalue weighted by Gasteiger charge is -2.12. The normalized spacial score (nSPS) is 12.8. The molecule has 0 aliphatic heterocycles. The van der Waals surface area contributed by atoms with Gasteiger partial charge in [-0.25, -0.2) is 9.97 Å². The van der Waals surface area contributed by atoms with Crippen molar-refractivity contribution < 1.29 is 4.42 Å². The summed E-state index contributed by atoms with van der Waals surface area (Å²) >= 11 is 1.64. The lowest BCUT2D eigenvalue weighted by molar-refractivity contribution is 0.490. The minimum atomic E-state index is 0.0881. The van der Waals surface area contributed by atoms with Crippen LogP contribution in [0.4, 0.5) is 5.82 Å². The second-order valence-corrected chi connectivity index (χ2v) is 4.65. The number of aromatic nitrogens is 2. The minimum Gasteiger partial charge on any atom is -0.467 e. The molecule has 0 saturated heterocycles. The molecule has 0 amide bonds. The Kier molecular flexibility index (Phi) is 2.53. The fourth-order valence-corrected chi connectivity index (χ4v) is 2.50. The molecule has 3 rings (SSSR count). The molecular weight excluding hydrogens is 234 g/mol. The summed E-state index contributed by atoms with van der Waals surface area (Å²) in [5.41, 5.74) is 0.971. The molecule has 0 saturated carbocycles. The van der Waals surface area contributed by atoms with Gasteiger partial charge in [0.05, 0.1) is 22.5 Å². The van der Waals surface area contributed by atoms with Crippen molar-refractivity contribution in [3.8, 4) is 0 Å². The van der Waals surface area contributed by atoms with E-state index in [-0.39, 0.29) is 6.04 Å². The molecule has 1 N–H and O–H groups in total. The summed E-state index contributed by atoms with van der Waals surface area (Å²) in [6, 6.07) is 5.91. The average Bonchev–Trinajstić information content (AvgIpc) is 3.00. The summed E-state index contributed by atoms with van der Waals surface area (Å²) in [4.78, 5) is 8.48. The highest BCUT2D eigenvalue weighted by Crippen LogP contribution is 2.27. The molecule has 0 bridgehead atoms. The molecule has 1 atom stereocenters. The van der Waals surface area contributed by atoms with Crippen molar-refractivity contribution in [1.29, 1.82) is 0 Å². The van der Waals surface area contributed by atoms with Crippen LogP contribution in [0.1, 0.15) is 18.7 Å². The first kappa shape index (κ1) is 10.3. The van der Waals surface area contributed by atoms with Crippen molar-refractivity contribution in [3.63, 3.8) is 0 Å². The predicted molar refractivity (Wildman–Crippen MR) is 68.2 cm³/mol. The molecular formula is C12H11N3OS. The van der Waals surface area contributed by atoms with Crippen LogP contribution in [-0.2, 0) is 0 Å². The van der Waals surface area contributed by atoms with E-state index in [0.29, 0.717) is 0 Å². The van der Waals surface area contributed by atoms with Gasteiger partial charge in [0, 0.05) is 0 Å². The van der Waals surface area contributed by atoms with E-state index in [1.807, 2.05) is 30.5 Å². The maximum absolute atomic E-state index is 5.36. The molecule has 86 valence electrons. The highest BCUT2D eigenvalue weighted by molar-refractivity contribution is 7.17. The number of thiophene rings is 1. The van der Waals surface area contributed by atoms with Crippen molar-refractivity contribution in [3.05, 3.63) is 41.9 Å². The largest absolute Gasteiger partial charge is 0.467 e. The Morgan fingerprint density at radius 3 is 3.12 bits per heavy atom. The van der Waals surface area contributed by atoms with Gasteiger partial charge in [0.2, 0.25) is 0 Å². The molecule has 3 heterocycles. The first-order valence-corrected chi connectivity index (χ1v) is 6.20. The number of nitrogens with zero attached hydrogens (tertiary/aromatic N) is 2. The second-order valence-electron chi connectivity index (χ2n) is 3.74. The van der Waals surface area contributed by atoms with Gasteiger partial charge in [-0.15, -0.1) is 11.3 Å². The van der Waals surface area contributed by atoms with Crippen molar-refractivity contribution in [1.82, 2.24) is 9.97 Å². The van der Waals surface area contributed by atoms with E-state index in [1.54, 1.807) is 23.9 Å². The zero-order chi connectivity index (χ0) is 11.7. The molecule has 0 aliphatic rings. The molecule has 1 unspecified atom stereocenters. The van der Waals surface area contributed by atoms with Crippen LogP contribution in [0, 0.1) is 0 Å². The maximum atomic E-state index is 5.36. The van der Waals surface area contributed by atoms with Crippen molar-refractivity contribution in [2.45, 2.75) is 13.0 Å². The molecule has 3 aromatic rings. The molecule has 5 heteroatoms.